The Bertz CT molecular complexity index is 983. The molecular weight excluding hydrogens is 338 g/mol. The zero-order chi connectivity index (χ0) is 19.2. The lowest BCUT2D eigenvalue weighted by molar-refractivity contribution is 0.101. The largest absolute Gasteiger partial charge is 0.354 e. The van der Waals surface area contributed by atoms with E-state index < -0.39 is 0 Å². The smallest absolute Gasteiger partial charge is 0.257 e. The van der Waals surface area contributed by atoms with E-state index in [0.29, 0.717) is 16.8 Å². The fourth-order valence-electron chi connectivity index (χ4n) is 2.76. The van der Waals surface area contributed by atoms with Crippen molar-refractivity contribution in [3.63, 3.8) is 0 Å². The van der Waals surface area contributed by atoms with Gasteiger partial charge in [0.2, 0.25) is 0 Å². The molecular formula is C22H21N3O2. The molecule has 0 spiro atoms. The van der Waals surface area contributed by atoms with E-state index in [4.69, 9.17) is 0 Å². The van der Waals surface area contributed by atoms with Crippen molar-refractivity contribution in [1.82, 2.24) is 4.98 Å². The summed E-state index contributed by atoms with van der Waals surface area (Å²) < 4.78 is 0. The molecule has 2 aromatic carbocycles. The van der Waals surface area contributed by atoms with Gasteiger partial charge in [0.05, 0.1) is 17.4 Å². The zero-order valence-electron chi connectivity index (χ0n) is 15.3. The van der Waals surface area contributed by atoms with Crippen LogP contribution in [0.2, 0.25) is 0 Å². The number of ketones is 1. The van der Waals surface area contributed by atoms with Crippen molar-refractivity contribution < 1.29 is 9.59 Å². The summed E-state index contributed by atoms with van der Waals surface area (Å²) in [5, 5.41) is 6.13. The van der Waals surface area contributed by atoms with E-state index in [1.54, 1.807) is 36.5 Å². The van der Waals surface area contributed by atoms with Crippen molar-refractivity contribution in [2.24, 2.45) is 0 Å². The van der Waals surface area contributed by atoms with E-state index in [9.17, 15) is 9.59 Å². The number of aromatic nitrogens is 1. The minimum Gasteiger partial charge on any atom is -0.354 e. The molecule has 2 N–H and O–H groups in total. The average Bonchev–Trinajstić information content (AvgIpc) is 2.69. The van der Waals surface area contributed by atoms with Crippen LogP contribution in [-0.4, -0.2) is 16.7 Å². The Labute approximate surface area is 158 Å². The van der Waals surface area contributed by atoms with Crippen molar-refractivity contribution in [1.29, 1.82) is 0 Å². The molecule has 0 radical (unpaired) electrons. The fourth-order valence-corrected chi connectivity index (χ4v) is 2.76. The topological polar surface area (TPSA) is 71.1 Å². The lowest BCUT2D eigenvalue weighted by Crippen LogP contribution is -2.13. The number of para-hydroxylation sites is 1. The van der Waals surface area contributed by atoms with Crippen LogP contribution in [0.25, 0.3) is 0 Å². The minimum atomic E-state index is -0.282. The second-order valence-corrected chi connectivity index (χ2v) is 6.19. The van der Waals surface area contributed by atoms with E-state index in [0.717, 1.165) is 17.8 Å². The van der Waals surface area contributed by atoms with Gasteiger partial charge in [0.25, 0.3) is 5.91 Å². The normalized spacial score (nSPS) is 10.3. The van der Waals surface area contributed by atoms with Crippen LogP contribution >= 0.6 is 0 Å². The van der Waals surface area contributed by atoms with Crippen LogP contribution in [0.3, 0.4) is 0 Å². The third-order valence-electron chi connectivity index (χ3n) is 4.20. The first-order chi connectivity index (χ1) is 13.1. The molecule has 0 aliphatic rings. The van der Waals surface area contributed by atoms with Gasteiger partial charge in [-0.15, -0.1) is 0 Å². The van der Waals surface area contributed by atoms with Gasteiger partial charge in [0, 0.05) is 23.1 Å². The van der Waals surface area contributed by atoms with Crippen molar-refractivity contribution in [3.05, 3.63) is 83.7 Å². The van der Waals surface area contributed by atoms with Gasteiger partial charge in [0.1, 0.15) is 0 Å². The molecule has 136 valence electrons. The Balaban J connectivity index is 1.78. The van der Waals surface area contributed by atoms with Crippen molar-refractivity contribution in [2.75, 3.05) is 10.6 Å². The number of Topliss-reactive ketones (excluding diaryl/α,β-unsaturated/α-hetero) is 1. The maximum absolute atomic E-state index is 12.6. The number of aryl methyl sites for hydroxylation is 1. The Hall–Kier alpha value is -3.47. The van der Waals surface area contributed by atoms with Crippen LogP contribution in [0.4, 0.5) is 17.1 Å². The predicted molar refractivity (Wildman–Crippen MR) is 108 cm³/mol. The number of carbonyl (C=O) groups is 2. The summed E-state index contributed by atoms with van der Waals surface area (Å²) in [6.45, 7) is 3.59. The van der Waals surface area contributed by atoms with Gasteiger partial charge in [-0.05, 0) is 43.2 Å². The summed E-state index contributed by atoms with van der Waals surface area (Å²) in [6, 6.07) is 16.6. The lowest BCUT2D eigenvalue weighted by Gasteiger charge is -2.12. The third kappa shape index (κ3) is 4.58. The number of hydrogen-bond donors (Lipinski definition) is 2. The molecule has 0 atom stereocenters. The van der Waals surface area contributed by atoms with E-state index >= 15 is 0 Å². The highest BCUT2D eigenvalue weighted by atomic mass is 16.1. The first-order valence-corrected chi connectivity index (χ1v) is 8.79. The molecule has 0 aliphatic carbocycles. The van der Waals surface area contributed by atoms with Crippen LogP contribution in [0.1, 0.15) is 40.1 Å². The monoisotopic (exact) mass is 359 g/mol. The van der Waals surface area contributed by atoms with Gasteiger partial charge in [0.15, 0.2) is 5.78 Å². The summed E-state index contributed by atoms with van der Waals surface area (Å²) in [7, 11) is 0. The zero-order valence-corrected chi connectivity index (χ0v) is 15.3. The molecule has 5 nitrogen and oxygen atoms in total. The second kappa shape index (κ2) is 8.27. The highest BCUT2D eigenvalue weighted by molar-refractivity contribution is 6.05. The standard InChI is InChI=1S/C22H21N3O2/c1-3-16-7-4-5-10-21(16)24-20-12-18(13-23-14-20)22(27)25-19-9-6-8-17(11-19)15(2)26/h4-14,24H,3H2,1-2H3,(H,25,27). The predicted octanol–water partition coefficient (Wildman–Crippen LogP) is 4.84. The van der Waals surface area contributed by atoms with Crippen LogP contribution in [0.15, 0.2) is 67.0 Å². The van der Waals surface area contributed by atoms with E-state index in [2.05, 4.69) is 28.6 Å². The number of nitrogens with zero attached hydrogens (tertiary/aromatic N) is 1. The van der Waals surface area contributed by atoms with Gasteiger partial charge in [-0.25, -0.2) is 0 Å². The fraction of sp³-hybridized carbons (Fsp3) is 0.136. The molecule has 1 amide bonds. The Morgan fingerprint density at radius 1 is 0.926 bits per heavy atom. The molecule has 0 unspecified atom stereocenters. The molecule has 27 heavy (non-hydrogen) atoms. The SMILES string of the molecule is CCc1ccccc1Nc1cncc(C(=O)Nc2cccc(C(C)=O)c2)c1. The Morgan fingerprint density at radius 3 is 2.48 bits per heavy atom. The van der Waals surface area contributed by atoms with Gasteiger partial charge >= 0.3 is 0 Å². The number of carbonyl (C=O) groups excluding carboxylic acids is 2. The van der Waals surface area contributed by atoms with Crippen LogP contribution < -0.4 is 10.6 Å². The lowest BCUT2D eigenvalue weighted by atomic mass is 10.1. The van der Waals surface area contributed by atoms with Crippen LogP contribution in [-0.2, 0) is 6.42 Å². The summed E-state index contributed by atoms with van der Waals surface area (Å²) in [4.78, 5) is 28.2. The van der Waals surface area contributed by atoms with E-state index in [1.807, 2.05) is 18.2 Å². The third-order valence-corrected chi connectivity index (χ3v) is 4.20. The Kier molecular flexibility index (Phi) is 5.61. The van der Waals surface area contributed by atoms with Crippen molar-refractivity contribution >= 4 is 28.8 Å². The van der Waals surface area contributed by atoms with E-state index in [-0.39, 0.29) is 11.7 Å². The summed E-state index contributed by atoms with van der Waals surface area (Å²) in [5.41, 5.74) is 4.48. The molecule has 0 aliphatic heterocycles. The first kappa shape index (κ1) is 18.3. The maximum Gasteiger partial charge on any atom is 0.257 e. The molecule has 3 aromatic rings. The molecule has 0 saturated heterocycles. The van der Waals surface area contributed by atoms with Gasteiger partial charge in [-0.2, -0.15) is 0 Å². The molecule has 5 heteroatoms. The van der Waals surface area contributed by atoms with Gasteiger partial charge in [-0.3, -0.25) is 14.6 Å². The second-order valence-electron chi connectivity index (χ2n) is 6.19. The van der Waals surface area contributed by atoms with Gasteiger partial charge < -0.3 is 10.6 Å². The molecule has 0 fully saturated rings. The van der Waals surface area contributed by atoms with Crippen LogP contribution in [0, 0.1) is 0 Å². The quantitative estimate of drug-likeness (QED) is 0.618. The highest BCUT2D eigenvalue weighted by Gasteiger charge is 2.10. The number of hydrogen-bond acceptors (Lipinski definition) is 4. The number of nitrogens with one attached hydrogen (secondary N) is 2. The molecule has 1 heterocycles. The summed E-state index contributed by atoms with van der Waals surface area (Å²) in [5.74, 6) is -0.329. The van der Waals surface area contributed by atoms with Crippen molar-refractivity contribution in [3.8, 4) is 0 Å². The maximum atomic E-state index is 12.6. The van der Waals surface area contributed by atoms with Gasteiger partial charge in [-0.1, -0.05) is 37.3 Å². The number of anilines is 3. The number of benzene rings is 2. The Morgan fingerprint density at radius 2 is 1.70 bits per heavy atom. The molecule has 0 saturated carbocycles. The number of rotatable bonds is 6. The number of pyridine rings is 1. The molecule has 3 rings (SSSR count). The first-order valence-electron chi connectivity index (χ1n) is 8.79. The van der Waals surface area contributed by atoms with Crippen molar-refractivity contribution in [2.45, 2.75) is 20.3 Å². The minimum absolute atomic E-state index is 0.0476. The summed E-state index contributed by atoms with van der Waals surface area (Å²) in [6.07, 6.45) is 4.10. The number of amides is 1. The summed E-state index contributed by atoms with van der Waals surface area (Å²) >= 11 is 0. The molecule has 1 aromatic heterocycles. The average molecular weight is 359 g/mol. The highest BCUT2D eigenvalue weighted by Crippen LogP contribution is 2.22. The molecule has 0 bridgehead atoms. The van der Waals surface area contributed by atoms with Crippen LogP contribution in [0.5, 0.6) is 0 Å². The van der Waals surface area contributed by atoms with E-state index in [1.165, 1.54) is 18.7 Å².